The van der Waals surface area contributed by atoms with Crippen molar-refractivity contribution in [3.63, 3.8) is 0 Å². The molecular weight excluding hydrogens is 352 g/mol. The Morgan fingerprint density at radius 1 is 1.48 bits per heavy atom. The Hall–Kier alpha value is -3.14. The highest BCUT2D eigenvalue weighted by Crippen LogP contribution is 2.30. The van der Waals surface area contributed by atoms with E-state index in [0.29, 0.717) is 36.1 Å². The fourth-order valence-electron chi connectivity index (χ4n) is 2.73. The van der Waals surface area contributed by atoms with E-state index < -0.39 is 0 Å². The molecule has 10 heteroatoms. The summed E-state index contributed by atoms with van der Waals surface area (Å²) in [5, 5.41) is 16.3. The molecule has 1 aliphatic heterocycles. The number of carbonyl (C=O) groups excluding carboxylic acids is 2. The summed E-state index contributed by atoms with van der Waals surface area (Å²) in [5.74, 6) is 0.973. The zero-order chi connectivity index (χ0) is 19.2. The molecule has 0 bridgehead atoms. The van der Waals surface area contributed by atoms with Crippen LogP contribution in [0.25, 0.3) is 0 Å². The van der Waals surface area contributed by atoms with Gasteiger partial charge in [0.1, 0.15) is 12.1 Å². The van der Waals surface area contributed by atoms with Crippen molar-refractivity contribution in [2.24, 2.45) is 0 Å². The average molecular weight is 374 g/mol. The van der Waals surface area contributed by atoms with E-state index in [4.69, 9.17) is 9.47 Å². The van der Waals surface area contributed by atoms with Crippen LogP contribution in [0, 0.1) is 0 Å². The molecule has 144 valence electrons. The van der Waals surface area contributed by atoms with Crippen LogP contribution >= 0.6 is 0 Å². The number of aromatic nitrogens is 3. The number of fused-ring (bicyclic) bond motifs is 1. The summed E-state index contributed by atoms with van der Waals surface area (Å²) in [7, 11) is 1.65. The van der Waals surface area contributed by atoms with Gasteiger partial charge in [0.05, 0.1) is 11.7 Å². The molecular formula is C17H22N6O4. The summed E-state index contributed by atoms with van der Waals surface area (Å²) in [6.45, 7) is 3.14. The maximum Gasteiger partial charge on any atom is 0.319 e. The normalized spacial score (nSPS) is 13.9. The number of amides is 3. The Kier molecular flexibility index (Phi) is 5.87. The fraction of sp³-hybridized carbons (Fsp3) is 0.412. The number of anilines is 2. The number of methoxy groups -OCH3 is 1. The van der Waals surface area contributed by atoms with E-state index >= 15 is 0 Å². The zero-order valence-corrected chi connectivity index (χ0v) is 15.2. The van der Waals surface area contributed by atoms with Crippen molar-refractivity contribution in [2.75, 3.05) is 31.0 Å². The minimum atomic E-state index is -0.381. The molecule has 1 unspecified atom stereocenters. The van der Waals surface area contributed by atoms with Crippen LogP contribution in [0.1, 0.15) is 25.2 Å². The minimum Gasteiger partial charge on any atom is -0.482 e. The maximum atomic E-state index is 12.3. The molecule has 3 amide bonds. The van der Waals surface area contributed by atoms with Crippen molar-refractivity contribution in [1.82, 2.24) is 20.1 Å². The third-order valence-electron chi connectivity index (χ3n) is 4.00. The van der Waals surface area contributed by atoms with Crippen molar-refractivity contribution in [3.05, 3.63) is 30.4 Å². The lowest BCUT2D eigenvalue weighted by Crippen LogP contribution is -2.32. The highest BCUT2D eigenvalue weighted by molar-refractivity contribution is 5.96. The molecule has 1 aromatic carbocycles. The number of ether oxygens (including phenoxy) is 2. The van der Waals surface area contributed by atoms with Gasteiger partial charge < -0.3 is 30.0 Å². The van der Waals surface area contributed by atoms with Crippen LogP contribution < -0.4 is 20.7 Å². The second kappa shape index (κ2) is 8.49. The van der Waals surface area contributed by atoms with Crippen molar-refractivity contribution < 1.29 is 19.1 Å². The number of urea groups is 1. The predicted molar refractivity (Wildman–Crippen MR) is 97.7 cm³/mol. The first-order chi connectivity index (χ1) is 13.1. The lowest BCUT2D eigenvalue weighted by atomic mass is 10.2. The topological polar surface area (TPSA) is 119 Å². The molecule has 0 spiro atoms. The molecule has 0 saturated carbocycles. The van der Waals surface area contributed by atoms with Gasteiger partial charge >= 0.3 is 6.03 Å². The zero-order valence-electron chi connectivity index (χ0n) is 15.2. The quantitative estimate of drug-likeness (QED) is 0.632. The van der Waals surface area contributed by atoms with Gasteiger partial charge in [-0.15, -0.1) is 10.2 Å². The average Bonchev–Trinajstić information content (AvgIpc) is 3.10. The summed E-state index contributed by atoms with van der Waals surface area (Å²) in [6.07, 6.45) is 2.46. The van der Waals surface area contributed by atoms with Crippen LogP contribution in [0.15, 0.2) is 24.5 Å². The fourth-order valence-corrected chi connectivity index (χ4v) is 2.73. The first kappa shape index (κ1) is 18.6. The summed E-state index contributed by atoms with van der Waals surface area (Å²) >= 11 is 0. The van der Waals surface area contributed by atoms with Crippen LogP contribution in [-0.4, -0.2) is 47.0 Å². The largest absolute Gasteiger partial charge is 0.482 e. The van der Waals surface area contributed by atoms with Gasteiger partial charge in [-0.25, -0.2) is 4.79 Å². The van der Waals surface area contributed by atoms with E-state index in [2.05, 4.69) is 26.1 Å². The van der Waals surface area contributed by atoms with Crippen molar-refractivity contribution in [2.45, 2.75) is 25.9 Å². The Morgan fingerprint density at radius 2 is 2.33 bits per heavy atom. The van der Waals surface area contributed by atoms with Gasteiger partial charge in [0.15, 0.2) is 12.4 Å². The van der Waals surface area contributed by atoms with Crippen LogP contribution in [0.4, 0.5) is 16.2 Å². The molecule has 1 aliphatic rings. The first-order valence-electron chi connectivity index (χ1n) is 8.57. The predicted octanol–water partition coefficient (Wildman–Crippen LogP) is 1.53. The van der Waals surface area contributed by atoms with E-state index in [1.165, 1.54) is 0 Å². The number of hydrogen-bond acceptors (Lipinski definition) is 6. The summed E-state index contributed by atoms with van der Waals surface area (Å²) in [4.78, 5) is 23.6. The van der Waals surface area contributed by atoms with Gasteiger partial charge in [-0.1, -0.05) is 0 Å². The van der Waals surface area contributed by atoms with Crippen LogP contribution in [0.2, 0.25) is 0 Å². The van der Waals surface area contributed by atoms with Gasteiger partial charge in [-0.05, 0) is 25.5 Å². The molecule has 10 nitrogen and oxygen atoms in total. The smallest absolute Gasteiger partial charge is 0.319 e. The summed E-state index contributed by atoms with van der Waals surface area (Å²) in [6, 6.07) is 4.31. The van der Waals surface area contributed by atoms with Crippen molar-refractivity contribution in [1.29, 1.82) is 0 Å². The third kappa shape index (κ3) is 4.73. The third-order valence-corrected chi connectivity index (χ3v) is 4.00. The second-order valence-corrected chi connectivity index (χ2v) is 6.10. The van der Waals surface area contributed by atoms with Gasteiger partial charge in [0.25, 0.3) is 5.91 Å². The Bertz CT molecular complexity index is 822. The van der Waals surface area contributed by atoms with Gasteiger partial charge in [0.2, 0.25) is 0 Å². The van der Waals surface area contributed by atoms with E-state index in [9.17, 15) is 9.59 Å². The highest BCUT2D eigenvalue weighted by atomic mass is 16.5. The molecule has 1 atom stereocenters. The van der Waals surface area contributed by atoms with Crippen LogP contribution in [0.3, 0.4) is 0 Å². The van der Waals surface area contributed by atoms with Crippen molar-refractivity contribution in [3.8, 4) is 5.75 Å². The summed E-state index contributed by atoms with van der Waals surface area (Å²) < 4.78 is 12.3. The molecule has 0 radical (unpaired) electrons. The molecule has 0 saturated heterocycles. The lowest BCUT2D eigenvalue weighted by molar-refractivity contribution is -0.118. The highest BCUT2D eigenvalue weighted by Gasteiger charge is 2.18. The Labute approximate surface area is 156 Å². The Morgan fingerprint density at radius 3 is 3.15 bits per heavy atom. The molecule has 1 aromatic heterocycles. The Balaban J connectivity index is 1.58. The van der Waals surface area contributed by atoms with Crippen LogP contribution in [0.5, 0.6) is 5.75 Å². The molecule has 2 aromatic rings. The molecule has 3 N–H and O–H groups in total. The SMILES string of the molecule is COCCCn1cnnc1C(C)NC(=O)Nc1ccc2c(c1)OCC(=O)N2. The summed E-state index contributed by atoms with van der Waals surface area (Å²) in [5.41, 5.74) is 1.13. The van der Waals surface area contributed by atoms with Gasteiger partial charge in [-0.2, -0.15) is 0 Å². The minimum absolute atomic E-state index is 0.0432. The molecule has 0 aliphatic carbocycles. The van der Waals surface area contributed by atoms with Crippen LogP contribution in [-0.2, 0) is 16.1 Å². The number of nitrogens with zero attached hydrogens (tertiary/aromatic N) is 3. The van der Waals surface area contributed by atoms with E-state index in [1.54, 1.807) is 31.6 Å². The van der Waals surface area contributed by atoms with Gasteiger partial charge in [0, 0.05) is 32.0 Å². The number of rotatable bonds is 7. The van der Waals surface area contributed by atoms with Crippen molar-refractivity contribution >= 4 is 23.3 Å². The van der Waals surface area contributed by atoms with E-state index in [0.717, 1.165) is 6.42 Å². The number of carbonyl (C=O) groups is 2. The monoisotopic (exact) mass is 374 g/mol. The maximum absolute atomic E-state index is 12.3. The number of nitrogens with one attached hydrogen (secondary N) is 3. The van der Waals surface area contributed by atoms with E-state index in [-0.39, 0.29) is 24.6 Å². The second-order valence-electron chi connectivity index (χ2n) is 6.10. The number of aryl methyl sites for hydroxylation is 1. The number of benzene rings is 1. The van der Waals surface area contributed by atoms with Gasteiger partial charge in [-0.3, -0.25) is 4.79 Å². The lowest BCUT2D eigenvalue weighted by Gasteiger charge is -2.19. The number of hydrogen-bond donors (Lipinski definition) is 3. The van der Waals surface area contributed by atoms with E-state index in [1.807, 2.05) is 11.5 Å². The molecule has 27 heavy (non-hydrogen) atoms. The molecule has 3 rings (SSSR count). The molecule has 2 heterocycles. The standard InChI is InChI=1S/C17H22N6O4/c1-11(16-22-18-10-23(16)6-3-7-26-2)19-17(25)20-12-4-5-13-14(8-12)27-9-15(24)21-13/h4-5,8,10-11H,3,6-7,9H2,1-2H3,(H,21,24)(H2,19,20,25). The molecule has 0 fully saturated rings. The first-order valence-corrected chi connectivity index (χ1v) is 8.57.